The van der Waals surface area contributed by atoms with Crippen LogP contribution in [0.1, 0.15) is 23.7 Å². The standard InChI is InChI=1S/C21H20BrFN2O/c1-13(11-15-5-3-6-16(23)12-15)21(26)24-10-9-17-14(2)25-20-18(17)7-4-8-19(20)22/h3-8,11-12,25H,9-10H2,1-2H3,(H,24,26)/b13-11+. The molecule has 0 radical (unpaired) electrons. The number of aromatic nitrogens is 1. The Hall–Kier alpha value is -2.40. The molecule has 0 bridgehead atoms. The van der Waals surface area contributed by atoms with Gasteiger partial charge in [0.15, 0.2) is 0 Å². The van der Waals surface area contributed by atoms with E-state index in [1.807, 2.05) is 19.1 Å². The van der Waals surface area contributed by atoms with E-state index in [0.29, 0.717) is 17.7 Å². The van der Waals surface area contributed by atoms with E-state index < -0.39 is 0 Å². The van der Waals surface area contributed by atoms with E-state index in [0.717, 1.165) is 27.5 Å². The minimum Gasteiger partial charge on any atom is -0.357 e. The van der Waals surface area contributed by atoms with Crippen LogP contribution in [0, 0.1) is 12.7 Å². The van der Waals surface area contributed by atoms with Crippen molar-refractivity contribution in [3.8, 4) is 0 Å². The van der Waals surface area contributed by atoms with Crippen molar-refractivity contribution in [1.29, 1.82) is 0 Å². The number of hydrogen-bond donors (Lipinski definition) is 2. The first kappa shape index (κ1) is 18.4. The monoisotopic (exact) mass is 414 g/mol. The largest absolute Gasteiger partial charge is 0.357 e. The van der Waals surface area contributed by atoms with Gasteiger partial charge < -0.3 is 10.3 Å². The van der Waals surface area contributed by atoms with Crippen molar-refractivity contribution in [2.24, 2.45) is 0 Å². The molecule has 0 aliphatic heterocycles. The number of para-hydroxylation sites is 1. The van der Waals surface area contributed by atoms with Crippen LogP contribution in [-0.4, -0.2) is 17.4 Å². The fraction of sp³-hybridized carbons (Fsp3) is 0.190. The van der Waals surface area contributed by atoms with E-state index in [4.69, 9.17) is 0 Å². The molecule has 0 spiro atoms. The average molecular weight is 415 g/mol. The van der Waals surface area contributed by atoms with Gasteiger partial charge in [-0.15, -0.1) is 0 Å². The van der Waals surface area contributed by atoms with Crippen molar-refractivity contribution in [2.75, 3.05) is 6.54 Å². The summed E-state index contributed by atoms with van der Waals surface area (Å²) in [6.45, 7) is 4.31. The number of nitrogens with one attached hydrogen (secondary N) is 2. The Morgan fingerprint density at radius 2 is 2.04 bits per heavy atom. The third-order valence-electron chi connectivity index (χ3n) is 4.35. The first-order valence-electron chi connectivity index (χ1n) is 8.43. The first-order chi connectivity index (χ1) is 12.5. The lowest BCUT2D eigenvalue weighted by Crippen LogP contribution is -2.26. The van der Waals surface area contributed by atoms with Crippen LogP contribution in [-0.2, 0) is 11.2 Å². The molecule has 3 rings (SSSR count). The number of amides is 1. The fourth-order valence-corrected chi connectivity index (χ4v) is 3.51. The second-order valence-electron chi connectivity index (χ2n) is 6.28. The van der Waals surface area contributed by atoms with Crippen molar-refractivity contribution < 1.29 is 9.18 Å². The molecule has 26 heavy (non-hydrogen) atoms. The maximum atomic E-state index is 13.2. The molecule has 0 unspecified atom stereocenters. The van der Waals surface area contributed by atoms with Gasteiger partial charge in [-0.2, -0.15) is 0 Å². The minimum atomic E-state index is -0.312. The maximum absolute atomic E-state index is 13.2. The van der Waals surface area contributed by atoms with Gasteiger partial charge in [0.1, 0.15) is 5.82 Å². The van der Waals surface area contributed by atoms with Crippen LogP contribution in [0.5, 0.6) is 0 Å². The molecule has 5 heteroatoms. The van der Waals surface area contributed by atoms with Crippen LogP contribution < -0.4 is 5.32 Å². The zero-order valence-corrected chi connectivity index (χ0v) is 16.3. The van der Waals surface area contributed by atoms with Crippen LogP contribution in [0.4, 0.5) is 4.39 Å². The molecule has 3 aromatic rings. The van der Waals surface area contributed by atoms with Gasteiger partial charge in [0.2, 0.25) is 5.91 Å². The summed E-state index contributed by atoms with van der Waals surface area (Å²) in [4.78, 5) is 15.7. The molecule has 1 amide bonds. The van der Waals surface area contributed by atoms with Crippen molar-refractivity contribution in [1.82, 2.24) is 10.3 Å². The number of halogens is 2. The lowest BCUT2D eigenvalue weighted by atomic mass is 10.1. The third kappa shape index (κ3) is 4.05. The van der Waals surface area contributed by atoms with Crippen LogP contribution in [0.15, 0.2) is 52.5 Å². The number of fused-ring (bicyclic) bond motifs is 1. The van der Waals surface area contributed by atoms with Gasteiger partial charge in [-0.25, -0.2) is 4.39 Å². The first-order valence-corrected chi connectivity index (χ1v) is 9.22. The average Bonchev–Trinajstić information content (AvgIpc) is 2.92. The van der Waals surface area contributed by atoms with Crippen LogP contribution in [0.3, 0.4) is 0 Å². The summed E-state index contributed by atoms with van der Waals surface area (Å²) in [5.41, 5.74) is 4.61. The smallest absolute Gasteiger partial charge is 0.246 e. The quantitative estimate of drug-likeness (QED) is 0.557. The number of aromatic amines is 1. The summed E-state index contributed by atoms with van der Waals surface area (Å²) in [6, 6.07) is 12.3. The van der Waals surface area contributed by atoms with Crippen molar-refractivity contribution in [3.63, 3.8) is 0 Å². The Kier molecular flexibility index (Phi) is 5.57. The van der Waals surface area contributed by atoms with Crippen LogP contribution in [0.2, 0.25) is 0 Å². The van der Waals surface area contributed by atoms with E-state index in [-0.39, 0.29) is 11.7 Å². The molecule has 2 aromatic carbocycles. The summed E-state index contributed by atoms with van der Waals surface area (Å²) >= 11 is 3.56. The lowest BCUT2D eigenvalue weighted by Gasteiger charge is -2.06. The Morgan fingerprint density at radius 3 is 2.81 bits per heavy atom. The highest BCUT2D eigenvalue weighted by atomic mass is 79.9. The molecule has 0 aliphatic rings. The van der Waals surface area contributed by atoms with Gasteiger partial charge in [-0.05, 0) is 71.6 Å². The second-order valence-corrected chi connectivity index (χ2v) is 7.13. The summed E-state index contributed by atoms with van der Waals surface area (Å²) in [7, 11) is 0. The lowest BCUT2D eigenvalue weighted by molar-refractivity contribution is -0.117. The Morgan fingerprint density at radius 1 is 1.27 bits per heavy atom. The van der Waals surface area contributed by atoms with E-state index in [1.54, 1.807) is 25.1 Å². The zero-order valence-electron chi connectivity index (χ0n) is 14.7. The summed E-state index contributed by atoms with van der Waals surface area (Å²) in [5.74, 6) is -0.458. The van der Waals surface area contributed by atoms with Gasteiger partial charge in [0, 0.05) is 27.7 Å². The van der Waals surface area contributed by atoms with E-state index in [9.17, 15) is 9.18 Å². The van der Waals surface area contributed by atoms with Crippen LogP contribution in [0.25, 0.3) is 17.0 Å². The minimum absolute atomic E-state index is 0.145. The number of H-pyrrole nitrogens is 1. The number of benzene rings is 2. The van der Waals surface area contributed by atoms with E-state index >= 15 is 0 Å². The Balaban J connectivity index is 1.66. The maximum Gasteiger partial charge on any atom is 0.246 e. The summed E-state index contributed by atoms with van der Waals surface area (Å²) in [6.07, 6.45) is 2.42. The summed E-state index contributed by atoms with van der Waals surface area (Å²) in [5, 5.41) is 4.10. The fourth-order valence-electron chi connectivity index (χ4n) is 3.04. The molecule has 0 saturated carbocycles. The van der Waals surface area contributed by atoms with Crippen molar-refractivity contribution in [2.45, 2.75) is 20.3 Å². The predicted octanol–water partition coefficient (Wildman–Crippen LogP) is 5.14. The van der Waals surface area contributed by atoms with Gasteiger partial charge in [-0.3, -0.25) is 4.79 Å². The molecule has 1 heterocycles. The summed E-state index contributed by atoms with van der Waals surface area (Å²) < 4.78 is 14.3. The van der Waals surface area contributed by atoms with E-state index in [1.165, 1.54) is 17.7 Å². The third-order valence-corrected chi connectivity index (χ3v) is 5.02. The molecule has 134 valence electrons. The van der Waals surface area contributed by atoms with Crippen LogP contribution >= 0.6 is 15.9 Å². The highest BCUT2D eigenvalue weighted by Crippen LogP contribution is 2.28. The molecular weight excluding hydrogens is 395 g/mol. The Bertz CT molecular complexity index is 991. The number of carbonyl (C=O) groups excluding carboxylic acids is 1. The number of hydrogen-bond acceptors (Lipinski definition) is 1. The van der Waals surface area contributed by atoms with Crippen molar-refractivity contribution in [3.05, 3.63) is 75.1 Å². The second kappa shape index (κ2) is 7.87. The molecule has 0 fully saturated rings. The Labute approximate surface area is 160 Å². The number of carbonyl (C=O) groups is 1. The highest BCUT2D eigenvalue weighted by molar-refractivity contribution is 9.10. The number of aryl methyl sites for hydroxylation is 1. The predicted molar refractivity (Wildman–Crippen MR) is 108 cm³/mol. The molecule has 2 N–H and O–H groups in total. The molecule has 1 aromatic heterocycles. The van der Waals surface area contributed by atoms with Gasteiger partial charge >= 0.3 is 0 Å². The highest BCUT2D eigenvalue weighted by Gasteiger charge is 2.11. The van der Waals surface area contributed by atoms with Gasteiger partial charge in [-0.1, -0.05) is 24.3 Å². The molecular formula is C21H20BrFN2O. The number of rotatable bonds is 5. The van der Waals surface area contributed by atoms with Gasteiger partial charge in [0.05, 0.1) is 5.52 Å². The van der Waals surface area contributed by atoms with E-state index in [2.05, 4.69) is 32.3 Å². The molecule has 0 aliphatic carbocycles. The molecule has 3 nitrogen and oxygen atoms in total. The normalized spacial score (nSPS) is 11.8. The zero-order chi connectivity index (χ0) is 18.7. The van der Waals surface area contributed by atoms with Gasteiger partial charge in [0.25, 0.3) is 0 Å². The SMILES string of the molecule is C/C(=C\c1cccc(F)c1)C(=O)NCCc1c(C)[nH]c2c(Br)cccc12. The topological polar surface area (TPSA) is 44.9 Å². The molecule has 0 atom stereocenters. The molecule has 0 saturated heterocycles. The van der Waals surface area contributed by atoms with Crippen molar-refractivity contribution >= 4 is 38.8 Å².